The van der Waals surface area contributed by atoms with Crippen molar-refractivity contribution in [2.24, 2.45) is 0 Å². The van der Waals surface area contributed by atoms with Gasteiger partial charge in [0.15, 0.2) is 6.29 Å². The van der Waals surface area contributed by atoms with Crippen LogP contribution >= 0.6 is 0 Å². The van der Waals surface area contributed by atoms with Crippen molar-refractivity contribution in [2.45, 2.75) is 50.4 Å². The van der Waals surface area contributed by atoms with Gasteiger partial charge in [-0.15, -0.1) is 0 Å². The zero-order chi connectivity index (χ0) is 15.3. The molecule has 1 heterocycles. The van der Waals surface area contributed by atoms with E-state index in [4.69, 9.17) is 9.47 Å². The topological polar surface area (TPSA) is 50.7 Å². The minimum absolute atomic E-state index is 0.00344. The van der Waals surface area contributed by atoms with Gasteiger partial charge in [-0.05, 0) is 56.2 Å². The predicted octanol–water partition coefficient (Wildman–Crippen LogP) is 2.04. The van der Waals surface area contributed by atoms with E-state index in [1.54, 1.807) is 0 Å². The Bertz CT molecular complexity index is 446. The molecule has 1 aromatic carbocycles. The van der Waals surface area contributed by atoms with E-state index in [0.717, 1.165) is 45.3 Å². The molecule has 1 aliphatic heterocycles. The molecule has 0 spiro atoms. The van der Waals surface area contributed by atoms with Crippen LogP contribution in [0, 0.1) is 0 Å². The van der Waals surface area contributed by atoms with Crippen molar-refractivity contribution < 1.29 is 14.6 Å². The van der Waals surface area contributed by atoms with Gasteiger partial charge in [0.2, 0.25) is 0 Å². The summed E-state index contributed by atoms with van der Waals surface area (Å²) in [5, 5.41) is 13.4. The van der Waals surface area contributed by atoms with Crippen molar-refractivity contribution in [2.75, 3.05) is 26.4 Å². The molecule has 0 bridgehead atoms. The number of benzene rings is 1. The lowest BCUT2D eigenvalue weighted by Gasteiger charge is -2.28. The van der Waals surface area contributed by atoms with Crippen LogP contribution in [0.3, 0.4) is 0 Å². The highest BCUT2D eigenvalue weighted by Crippen LogP contribution is 2.29. The van der Waals surface area contributed by atoms with E-state index in [9.17, 15) is 5.11 Å². The fraction of sp³-hybridized carbons (Fsp3) is 0.667. The van der Waals surface area contributed by atoms with E-state index in [0.29, 0.717) is 6.61 Å². The summed E-state index contributed by atoms with van der Waals surface area (Å²) in [4.78, 5) is 0. The second-order valence-electron chi connectivity index (χ2n) is 6.51. The molecule has 3 rings (SSSR count). The van der Waals surface area contributed by atoms with Crippen LogP contribution < -0.4 is 5.32 Å². The highest BCUT2D eigenvalue weighted by Gasteiger charge is 2.35. The summed E-state index contributed by atoms with van der Waals surface area (Å²) < 4.78 is 11.3. The Morgan fingerprint density at radius 3 is 2.64 bits per heavy atom. The number of hydrogen-bond acceptors (Lipinski definition) is 4. The van der Waals surface area contributed by atoms with Gasteiger partial charge in [0.25, 0.3) is 0 Å². The second-order valence-corrected chi connectivity index (χ2v) is 6.51. The molecule has 2 N–H and O–H groups in total. The quantitative estimate of drug-likeness (QED) is 0.757. The van der Waals surface area contributed by atoms with Crippen molar-refractivity contribution in [3.63, 3.8) is 0 Å². The highest BCUT2D eigenvalue weighted by molar-refractivity contribution is 5.36. The molecule has 4 nitrogen and oxygen atoms in total. The van der Waals surface area contributed by atoms with Crippen molar-refractivity contribution in [3.8, 4) is 0 Å². The minimum atomic E-state index is -0.189. The summed E-state index contributed by atoms with van der Waals surface area (Å²) in [5.74, 6) is 0. The Kier molecular flexibility index (Phi) is 5.47. The van der Waals surface area contributed by atoms with E-state index in [2.05, 4.69) is 29.6 Å². The Labute approximate surface area is 132 Å². The maximum atomic E-state index is 9.84. The van der Waals surface area contributed by atoms with E-state index >= 15 is 0 Å². The average molecular weight is 305 g/mol. The van der Waals surface area contributed by atoms with Gasteiger partial charge in [-0.25, -0.2) is 0 Å². The lowest BCUT2D eigenvalue weighted by molar-refractivity contribution is -0.162. The summed E-state index contributed by atoms with van der Waals surface area (Å²) in [6, 6.07) is 8.48. The van der Waals surface area contributed by atoms with Crippen molar-refractivity contribution in [1.82, 2.24) is 5.32 Å². The van der Waals surface area contributed by atoms with Gasteiger partial charge in [-0.2, -0.15) is 0 Å². The monoisotopic (exact) mass is 305 g/mol. The third-order valence-corrected chi connectivity index (χ3v) is 4.74. The first kappa shape index (κ1) is 15.9. The van der Waals surface area contributed by atoms with Crippen LogP contribution in [-0.4, -0.2) is 43.3 Å². The normalized spacial score (nSPS) is 23.4. The van der Waals surface area contributed by atoms with Crippen LogP contribution in [0.2, 0.25) is 0 Å². The average Bonchev–Trinajstić information content (AvgIpc) is 2.94. The maximum Gasteiger partial charge on any atom is 0.157 e. The summed E-state index contributed by atoms with van der Waals surface area (Å²) in [6.45, 7) is 2.58. The maximum absolute atomic E-state index is 9.84. The molecule has 1 aliphatic carbocycles. The predicted molar refractivity (Wildman–Crippen MR) is 85.8 cm³/mol. The first-order valence-electron chi connectivity index (χ1n) is 8.47. The van der Waals surface area contributed by atoms with E-state index in [1.807, 2.05) is 0 Å². The van der Waals surface area contributed by atoms with Gasteiger partial charge >= 0.3 is 0 Å². The van der Waals surface area contributed by atoms with Gasteiger partial charge < -0.3 is 19.9 Å². The number of ether oxygens (including phenoxy) is 2. The number of hydrogen-bond donors (Lipinski definition) is 2. The Morgan fingerprint density at radius 1 is 1.23 bits per heavy atom. The lowest BCUT2D eigenvalue weighted by atomic mass is 9.97. The minimum Gasteiger partial charge on any atom is -0.394 e. The van der Waals surface area contributed by atoms with Gasteiger partial charge in [-0.1, -0.05) is 24.3 Å². The molecule has 1 atom stereocenters. The molecule has 122 valence electrons. The van der Waals surface area contributed by atoms with Crippen molar-refractivity contribution in [1.29, 1.82) is 0 Å². The summed E-state index contributed by atoms with van der Waals surface area (Å²) in [6.07, 6.45) is 6.13. The van der Waals surface area contributed by atoms with Crippen LogP contribution in [0.4, 0.5) is 0 Å². The first-order chi connectivity index (χ1) is 10.8. The zero-order valence-electron chi connectivity index (χ0n) is 13.2. The molecule has 0 amide bonds. The fourth-order valence-electron chi connectivity index (χ4n) is 3.47. The molecular formula is C18H27NO3. The van der Waals surface area contributed by atoms with Crippen LogP contribution in [-0.2, 0) is 22.3 Å². The molecular weight excluding hydrogens is 278 g/mol. The SMILES string of the molecule is OCC1(NCCCO[C@H]2CCCCO2)Cc2ccccc2C1. The molecule has 0 saturated carbocycles. The molecule has 0 aromatic heterocycles. The molecule has 4 heteroatoms. The van der Waals surface area contributed by atoms with Crippen LogP contribution in [0.5, 0.6) is 0 Å². The molecule has 1 saturated heterocycles. The van der Waals surface area contributed by atoms with Crippen LogP contribution in [0.1, 0.15) is 36.8 Å². The second kappa shape index (κ2) is 7.55. The lowest BCUT2D eigenvalue weighted by Crippen LogP contribution is -2.50. The van der Waals surface area contributed by atoms with Gasteiger partial charge in [0.1, 0.15) is 0 Å². The van der Waals surface area contributed by atoms with E-state index < -0.39 is 0 Å². The number of aliphatic hydroxyl groups is 1. The summed E-state index contributed by atoms with van der Waals surface area (Å²) in [7, 11) is 0. The summed E-state index contributed by atoms with van der Waals surface area (Å²) >= 11 is 0. The first-order valence-corrected chi connectivity index (χ1v) is 8.47. The van der Waals surface area contributed by atoms with E-state index in [1.165, 1.54) is 17.5 Å². The third-order valence-electron chi connectivity index (χ3n) is 4.74. The Balaban J connectivity index is 1.39. The van der Waals surface area contributed by atoms with Gasteiger partial charge in [-0.3, -0.25) is 0 Å². The van der Waals surface area contributed by atoms with Gasteiger partial charge in [0.05, 0.1) is 13.2 Å². The fourth-order valence-corrected chi connectivity index (χ4v) is 3.47. The number of nitrogens with one attached hydrogen (secondary N) is 1. The molecule has 0 unspecified atom stereocenters. The van der Waals surface area contributed by atoms with Gasteiger partial charge in [0, 0.05) is 12.1 Å². The van der Waals surface area contributed by atoms with Crippen LogP contribution in [0.25, 0.3) is 0 Å². The molecule has 1 aromatic rings. The highest BCUT2D eigenvalue weighted by atomic mass is 16.7. The molecule has 2 aliphatic rings. The number of aliphatic hydroxyl groups excluding tert-OH is 1. The van der Waals surface area contributed by atoms with E-state index in [-0.39, 0.29) is 18.4 Å². The zero-order valence-corrected chi connectivity index (χ0v) is 13.2. The van der Waals surface area contributed by atoms with Crippen molar-refractivity contribution >= 4 is 0 Å². The Morgan fingerprint density at radius 2 is 2.00 bits per heavy atom. The Hall–Kier alpha value is -0.940. The molecule has 22 heavy (non-hydrogen) atoms. The molecule has 1 fully saturated rings. The summed E-state index contributed by atoms with van der Waals surface area (Å²) in [5.41, 5.74) is 2.53. The number of rotatable bonds is 7. The third kappa shape index (κ3) is 3.87. The van der Waals surface area contributed by atoms with Crippen molar-refractivity contribution in [3.05, 3.63) is 35.4 Å². The van der Waals surface area contributed by atoms with Crippen LogP contribution in [0.15, 0.2) is 24.3 Å². The standard InChI is InChI=1S/C18H27NO3/c20-14-18(12-15-6-1-2-7-16(15)13-18)19-9-5-11-22-17-8-3-4-10-21-17/h1-2,6-7,17,19-20H,3-5,8-14H2/t17-/m0/s1. The number of fused-ring (bicyclic) bond motifs is 1. The molecule has 0 radical (unpaired) electrons. The smallest absolute Gasteiger partial charge is 0.157 e. The largest absolute Gasteiger partial charge is 0.394 e.